The number of anilines is 1. The van der Waals surface area contributed by atoms with Crippen LogP contribution in [0.1, 0.15) is 6.42 Å². The summed E-state index contributed by atoms with van der Waals surface area (Å²) in [4.78, 5) is 0. The molecule has 84 valence electrons. The lowest BCUT2D eigenvalue weighted by atomic mass is 10.0. The quantitative estimate of drug-likeness (QED) is 0.840. The Labute approximate surface area is 94.8 Å². The van der Waals surface area contributed by atoms with E-state index in [9.17, 15) is 5.26 Å². The maximum absolute atomic E-state index is 9.21. The Bertz CT molecular complexity index is 406. The van der Waals surface area contributed by atoms with E-state index in [1.165, 1.54) is 0 Å². The Morgan fingerprint density at radius 3 is 2.94 bits per heavy atom. The zero-order chi connectivity index (χ0) is 11.4. The van der Waals surface area contributed by atoms with Gasteiger partial charge in [0.15, 0.2) is 5.54 Å². The normalized spacial score (nSPS) is 23.8. The van der Waals surface area contributed by atoms with Gasteiger partial charge in [-0.25, -0.2) is 0 Å². The molecule has 1 N–H and O–H groups in total. The topological polar surface area (TPSA) is 54.3 Å². The lowest BCUT2D eigenvalue weighted by Crippen LogP contribution is -2.37. The second kappa shape index (κ2) is 4.42. The fraction of sp³-hybridized carbons (Fsp3) is 0.417. The van der Waals surface area contributed by atoms with Crippen molar-refractivity contribution < 1.29 is 9.47 Å². The van der Waals surface area contributed by atoms with Gasteiger partial charge >= 0.3 is 0 Å². The number of methoxy groups -OCH3 is 1. The van der Waals surface area contributed by atoms with Crippen LogP contribution in [-0.2, 0) is 4.74 Å². The Balaban J connectivity index is 2.23. The standard InChI is InChI=1S/C12H14N2O2/c1-15-11-5-3-2-4-10(11)14-12(8-13)6-7-16-9-12/h2-5,14H,6-7,9H2,1H3. The van der Waals surface area contributed by atoms with Crippen LogP contribution in [0.3, 0.4) is 0 Å². The van der Waals surface area contributed by atoms with E-state index in [2.05, 4.69) is 11.4 Å². The SMILES string of the molecule is COc1ccccc1NC1(C#N)CCOC1. The van der Waals surface area contributed by atoms with Gasteiger partial charge in [-0.15, -0.1) is 0 Å². The van der Waals surface area contributed by atoms with E-state index in [0.717, 1.165) is 11.4 Å². The molecule has 1 atom stereocenters. The highest BCUT2D eigenvalue weighted by Gasteiger charge is 2.35. The predicted molar refractivity (Wildman–Crippen MR) is 60.4 cm³/mol. The number of nitrogens with one attached hydrogen (secondary N) is 1. The molecule has 1 aliphatic heterocycles. The molecule has 0 amide bonds. The number of ether oxygens (including phenoxy) is 2. The number of hydrogen-bond donors (Lipinski definition) is 1. The second-order valence-electron chi connectivity index (χ2n) is 3.82. The highest BCUT2D eigenvalue weighted by Crippen LogP contribution is 2.29. The van der Waals surface area contributed by atoms with Crippen LogP contribution in [-0.4, -0.2) is 25.9 Å². The minimum absolute atomic E-state index is 0.418. The average molecular weight is 218 g/mol. The van der Waals surface area contributed by atoms with Crippen molar-refractivity contribution in [1.82, 2.24) is 0 Å². The van der Waals surface area contributed by atoms with E-state index >= 15 is 0 Å². The van der Waals surface area contributed by atoms with Gasteiger partial charge in [-0.05, 0) is 12.1 Å². The van der Waals surface area contributed by atoms with Gasteiger partial charge in [0, 0.05) is 6.42 Å². The maximum atomic E-state index is 9.21. The van der Waals surface area contributed by atoms with E-state index in [1.54, 1.807) is 7.11 Å². The van der Waals surface area contributed by atoms with Crippen LogP contribution in [0.25, 0.3) is 0 Å². The van der Waals surface area contributed by atoms with Gasteiger partial charge in [0.05, 0.1) is 32.1 Å². The first-order valence-electron chi connectivity index (χ1n) is 5.20. The predicted octanol–water partition coefficient (Wildman–Crippen LogP) is 1.79. The average Bonchev–Trinajstić information content (AvgIpc) is 2.79. The Kier molecular flexibility index (Phi) is 2.97. The molecular formula is C12H14N2O2. The highest BCUT2D eigenvalue weighted by atomic mass is 16.5. The third-order valence-corrected chi connectivity index (χ3v) is 2.72. The van der Waals surface area contributed by atoms with Crippen LogP contribution in [0, 0.1) is 11.3 Å². The lowest BCUT2D eigenvalue weighted by molar-refractivity contribution is 0.189. The van der Waals surface area contributed by atoms with Crippen molar-refractivity contribution in [2.75, 3.05) is 25.6 Å². The van der Waals surface area contributed by atoms with E-state index in [-0.39, 0.29) is 0 Å². The van der Waals surface area contributed by atoms with Gasteiger partial charge in [-0.3, -0.25) is 0 Å². The molecule has 0 aliphatic carbocycles. The van der Waals surface area contributed by atoms with Gasteiger partial charge in [0.2, 0.25) is 0 Å². The third-order valence-electron chi connectivity index (χ3n) is 2.72. The van der Waals surface area contributed by atoms with Crippen molar-refractivity contribution in [1.29, 1.82) is 5.26 Å². The largest absolute Gasteiger partial charge is 0.495 e. The first-order chi connectivity index (χ1) is 7.79. The minimum atomic E-state index is -0.616. The lowest BCUT2D eigenvalue weighted by Gasteiger charge is -2.23. The van der Waals surface area contributed by atoms with Crippen LogP contribution >= 0.6 is 0 Å². The number of benzene rings is 1. The van der Waals surface area contributed by atoms with Crippen LogP contribution < -0.4 is 10.1 Å². The van der Waals surface area contributed by atoms with Crippen molar-refractivity contribution in [3.63, 3.8) is 0 Å². The number of hydrogen-bond acceptors (Lipinski definition) is 4. The summed E-state index contributed by atoms with van der Waals surface area (Å²) in [6.45, 7) is 1.04. The monoisotopic (exact) mass is 218 g/mol. The molecule has 1 aromatic carbocycles. The molecule has 1 aromatic rings. The molecule has 16 heavy (non-hydrogen) atoms. The van der Waals surface area contributed by atoms with Gasteiger partial charge < -0.3 is 14.8 Å². The smallest absolute Gasteiger partial charge is 0.151 e. The molecule has 1 saturated heterocycles. The summed E-state index contributed by atoms with van der Waals surface area (Å²) >= 11 is 0. The van der Waals surface area contributed by atoms with E-state index in [4.69, 9.17) is 9.47 Å². The molecule has 1 heterocycles. The first-order valence-corrected chi connectivity index (χ1v) is 5.20. The molecule has 0 aromatic heterocycles. The molecule has 0 saturated carbocycles. The summed E-state index contributed by atoms with van der Waals surface area (Å²) < 4.78 is 10.5. The number of para-hydroxylation sites is 2. The van der Waals surface area contributed by atoms with Crippen molar-refractivity contribution in [3.8, 4) is 11.8 Å². The van der Waals surface area contributed by atoms with Gasteiger partial charge in [0.25, 0.3) is 0 Å². The van der Waals surface area contributed by atoms with Gasteiger partial charge in [0.1, 0.15) is 5.75 Å². The summed E-state index contributed by atoms with van der Waals surface area (Å²) in [5.41, 5.74) is 0.214. The van der Waals surface area contributed by atoms with Crippen molar-refractivity contribution >= 4 is 5.69 Å². The van der Waals surface area contributed by atoms with Crippen LogP contribution in [0.2, 0.25) is 0 Å². The fourth-order valence-corrected chi connectivity index (χ4v) is 1.79. The number of rotatable bonds is 3. The van der Waals surface area contributed by atoms with E-state index in [0.29, 0.717) is 19.6 Å². The summed E-state index contributed by atoms with van der Waals surface area (Å²) in [5, 5.41) is 12.4. The van der Waals surface area contributed by atoms with Crippen molar-refractivity contribution in [2.24, 2.45) is 0 Å². The highest BCUT2D eigenvalue weighted by molar-refractivity contribution is 5.59. The molecule has 4 heteroatoms. The summed E-state index contributed by atoms with van der Waals surface area (Å²) in [7, 11) is 1.62. The molecule has 2 rings (SSSR count). The van der Waals surface area contributed by atoms with Gasteiger partial charge in [-0.1, -0.05) is 12.1 Å². The van der Waals surface area contributed by atoms with Crippen molar-refractivity contribution in [3.05, 3.63) is 24.3 Å². The van der Waals surface area contributed by atoms with E-state index in [1.807, 2.05) is 24.3 Å². The summed E-state index contributed by atoms with van der Waals surface area (Å²) in [6, 6.07) is 9.85. The van der Waals surface area contributed by atoms with Gasteiger partial charge in [-0.2, -0.15) is 5.26 Å². The molecule has 0 bridgehead atoms. The Hall–Kier alpha value is -1.73. The summed E-state index contributed by atoms with van der Waals surface area (Å²) in [5.74, 6) is 0.740. The van der Waals surface area contributed by atoms with Crippen LogP contribution in [0.5, 0.6) is 5.75 Å². The molecule has 1 aliphatic rings. The fourth-order valence-electron chi connectivity index (χ4n) is 1.79. The second-order valence-corrected chi connectivity index (χ2v) is 3.82. The minimum Gasteiger partial charge on any atom is -0.495 e. The summed E-state index contributed by atoms with van der Waals surface area (Å²) in [6.07, 6.45) is 0.696. The number of nitrogens with zero attached hydrogens (tertiary/aromatic N) is 1. The van der Waals surface area contributed by atoms with Crippen LogP contribution in [0.15, 0.2) is 24.3 Å². The Morgan fingerprint density at radius 2 is 2.31 bits per heavy atom. The molecule has 0 spiro atoms. The zero-order valence-electron chi connectivity index (χ0n) is 9.19. The van der Waals surface area contributed by atoms with E-state index < -0.39 is 5.54 Å². The van der Waals surface area contributed by atoms with Crippen molar-refractivity contribution in [2.45, 2.75) is 12.0 Å². The molecule has 1 fully saturated rings. The Morgan fingerprint density at radius 1 is 1.50 bits per heavy atom. The maximum Gasteiger partial charge on any atom is 0.151 e. The molecule has 0 radical (unpaired) electrons. The molecule has 4 nitrogen and oxygen atoms in total. The molecular weight excluding hydrogens is 204 g/mol. The zero-order valence-corrected chi connectivity index (χ0v) is 9.19. The van der Waals surface area contributed by atoms with Crippen LogP contribution in [0.4, 0.5) is 5.69 Å². The first kappa shape index (κ1) is 10.8. The molecule has 1 unspecified atom stereocenters. The number of nitriles is 1. The third kappa shape index (κ3) is 1.95.